The maximum Gasteiger partial charge on any atom is 0.407 e. The van der Waals surface area contributed by atoms with E-state index in [0.717, 1.165) is 28.7 Å². The minimum absolute atomic E-state index is 0.0717. The molecule has 0 bridgehead atoms. The molecule has 0 aliphatic carbocycles. The number of imidazole rings is 1. The third-order valence-corrected chi connectivity index (χ3v) is 8.54. The molecule has 2 saturated heterocycles. The molecule has 1 aromatic heterocycles. The molecule has 3 heterocycles. The van der Waals surface area contributed by atoms with Gasteiger partial charge in [0.2, 0.25) is 0 Å². The average molecular weight is 646 g/mol. The van der Waals surface area contributed by atoms with Gasteiger partial charge < -0.3 is 39.7 Å². The Balaban J connectivity index is 1.63. The SMILES string of the molecule is O=C(O)N1CC(F)C(CN(C(=O)NCC(O)CO)[C@@H](c2nc(-c3cc(F)ccc3F)cn2Cc2ccccc2)C2CCOCC2)C1. The number of aromatic nitrogens is 2. The number of aliphatic hydroxyl groups excluding tert-OH is 2. The largest absolute Gasteiger partial charge is 0.465 e. The van der Waals surface area contributed by atoms with Crippen LogP contribution in [0.5, 0.6) is 0 Å². The third-order valence-electron chi connectivity index (χ3n) is 8.54. The minimum atomic E-state index is -1.55. The lowest BCUT2D eigenvalue weighted by atomic mass is 9.89. The fourth-order valence-corrected chi connectivity index (χ4v) is 6.14. The standard InChI is InChI=1S/C32H38F3N5O6/c33-23-6-7-26(34)25(12-23)28-18-38(14-20-4-2-1-3-5-20)30(37-28)29(21-8-10-46-11-9-21)40(31(43)36-13-24(42)19-41)16-22-15-39(32(44)45)17-27(22)35/h1-7,12,18,21-22,24,27,29,41-42H,8-11,13-17,19H2,(H,36,43)(H,44,45)/t22?,24?,27?,29-/m1/s1. The van der Waals surface area contributed by atoms with Crippen molar-refractivity contribution in [3.63, 3.8) is 0 Å². The monoisotopic (exact) mass is 645 g/mol. The Morgan fingerprint density at radius 1 is 1.11 bits per heavy atom. The van der Waals surface area contributed by atoms with Crippen LogP contribution >= 0.6 is 0 Å². The van der Waals surface area contributed by atoms with Crippen molar-refractivity contribution in [3.05, 3.63) is 77.8 Å². The number of carbonyl (C=O) groups is 2. The molecule has 0 spiro atoms. The zero-order valence-corrected chi connectivity index (χ0v) is 25.1. The number of alkyl halides is 1. The normalized spacial score (nSPS) is 20.0. The summed E-state index contributed by atoms with van der Waals surface area (Å²) < 4.78 is 52.0. The fourth-order valence-electron chi connectivity index (χ4n) is 6.14. The van der Waals surface area contributed by atoms with Crippen LogP contribution in [0.3, 0.4) is 0 Å². The summed E-state index contributed by atoms with van der Waals surface area (Å²) in [7, 11) is 0. The van der Waals surface area contributed by atoms with E-state index in [0.29, 0.717) is 31.9 Å². The Hall–Kier alpha value is -4.14. The summed E-state index contributed by atoms with van der Waals surface area (Å²) in [6, 6.07) is 10.9. The van der Waals surface area contributed by atoms with Crippen LogP contribution in [0.25, 0.3) is 11.3 Å². The number of likely N-dealkylation sites (tertiary alicyclic amines) is 1. The van der Waals surface area contributed by atoms with E-state index >= 15 is 8.78 Å². The highest BCUT2D eigenvalue weighted by molar-refractivity contribution is 5.75. The Morgan fingerprint density at radius 2 is 1.85 bits per heavy atom. The van der Waals surface area contributed by atoms with E-state index in [9.17, 15) is 29.3 Å². The van der Waals surface area contributed by atoms with Crippen LogP contribution in [0.1, 0.15) is 30.3 Å². The van der Waals surface area contributed by atoms with Gasteiger partial charge >= 0.3 is 12.1 Å². The van der Waals surface area contributed by atoms with Crippen molar-refractivity contribution in [2.24, 2.45) is 11.8 Å². The molecule has 3 amide bonds. The lowest BCUT2D eigenvalue weighted by molar-refractivity contribution is 0.0248. The Morgan fingerprint density at radius 3 is 2.52 bits per heavy atom. The van der Waals surface area contributed by atoms with Gasteiger partial charge in [0, 0.05) is 57.1 Å². The van der Waals surface area contributed by atoms with E-state index in [1.807, 2.05) is 30.3 Å². The topological polar surface area (TPSA) is 140 Å². The summed E-state index contributed by atoms with van der Waals surface area (Å²) in [5.41, 5.74) is 0.937. The van der Waals surface area contributed by atoms with Crippen LogP contribution < -0.4 is 5.32 Å². The van der Waals surface area contributed by atoms with Gasteiger partial charge in [0.15, 0.2) is 0 Å². The van der Waals surface area contributed by atoms with E-state index in [2.05, 4.69) is 5.32 Å². The number of benzene rings is 2. The van der Waals surface area contributed by atoms with Gasteiger partial charge in [-0.25, -0.2) is 27.7 Å². The number of halogens is 3. The molecular weight excluding hydrogens is 607 g/mol. The molecule has 248 valence electrons. The predicted molar refractivity (Wildman–Crippen MR) is 161 cm³/mol. The first kappa shape index (κ1) is 33.2. The molecule has 46 heavy (non-hydrogen) atoms. The molecule has 2 aliphatic rings. The van der Waals surface area contributed by atoms with Crippen molar-refractivity contribution in [3.8, 4) is 11.3 Å². The van der Waals surface area contributed by atoms with E-state index in [-0.39, 0.29) is 49.9 Å². The Kier molecular flexibility index (Phi) is 10.8. The molecular formula is C32H38F3N5O6. The predicted octanol–water partition coefficient (Wildman–Crippen LogP) is 3.66. The van der Waals surface area contributed by atoms with Gasteiger partial charge in [-0.2, -0.15) is 0 Å². The number of urea groups is 1. The molecule has 2 fully saturated rings. The number of nitrogens with one attached hydrogen (secondary N) is 1. The zero-order valence-electron chi connectivity index (χ0n) is 25.1. The van der Waals surface area contributed by atoms with E-state index in [4.69, 9.17) is 9.72 Å². The number of nitrogens with zero attached hydrogens (tertiary/aromatic N) is 4. The summed E-state index contributed by atoms with van der Waals surface area (Å²) in [6.45, 7) is -0.550. The van der Waals surface area contributed by atoms with Crippen molar-refractivity contribution >= 4 is 12.1 Å². The van der Waals surface area contributed by atoms with Crippen molar-refractivity contribution < 1.29 is 42.8 Å². The third kappa shape index (κ3) is 7.80. The maximum absolute atomic E-state index is 15.3. The van der Waals surface area contributed by atoms with Gasteiger partial charge in [-0.05, 0) is 42.5 Å². The highest BCUT2D eigenvalue weighted by Gasteiger charge is 2.42. The molecule has 0 saturated carbocycles. The van der Waals surface area contributed by atoms with E-state index in [1.54, 1.807) is 10.8 Å². The first-order valence-corrected chi connectivity index (χ1v) is 15.2. The molecule has 14 heteroatoms. The van der Waals surface area contributed by atoms with Gasteiger partial charge in [-0.3, -0.25) is 0 Å². The van der Waals surface area contributed by atoms with Gasteiger partial charge in [0.1, 0.15) is 23.6 Å². The average Bonchev–Trinajstić information content (AvgIpc) is 3.64. The molecule has 4 N–H and O–H groups in total. The van der Waals surface area contributed by atoms with E-state index < -0.39 is 54.6 Å². The number of carbonyl (C=O) groups excluding carboxylic acids is 1. The lowest BCUT2D eigenvalue weighted by Crippen LogP contribution is -2.50. The maximum atomic E-state index is 15.3. The number of hydrogen-bond donors (Lipinski definition) is 4. The second-order valence-corrected chi connectivity index (χ2v) is 11.8. The molecule has 2 aromatic carbocycles. The highest BCUT2D eigenvalue weighted by Crippen LogP contribution is 2.38. The molecule has 2 aliphatic heterocycles. The summed E-state index contributed by atoms with van der Waals surface area (Å²) in [4.78, 5) is 32.8. The number of carboxylic acid groups (broad SMARTS) is 1. The first-order chi connectivity index (χ1) is 22.1. The molecule has 5 rings (SSSR count). The lowest BCUT2D eigenvalue weighted by Gasteiger charge is -2.40. The number of aliphatic hydroxyl groups is 2. The first-order valence-electron chi connectivity index (χ1n) is 15.2. The van der Waals surface area contributed by atoms with Crippen LogP contribution in [0, 0.1) is 23.5 Å². The van der Waals surface area contributed by atoms with Gasteiger partial charge in [-0.15, -0.1) is 0 Å². The number of amides is 3. The smallest absolute Gasteiger partial charge is 0.407 e. The number of ether oxygens (including phenoxy) is 1. The van der Waals surface area contributed by atoms with Crippen LogP contribution in [0.4, 0.5) is 22.8 Å². The van der Waals surface area contributed by atoms with Crippen molar-refractivity contribution in [2.45, 2.75) is 37.7 Å². The van der Waals surface area contributed by atoms with Crippen LogP contribution in [-0.2, 0) is 11.3 Å². The Bertz CT molecular complexity index is 1490. The highest BCUT2D eigenvalue weighted by atomic mass is 19.1. The van der Waals surface area contributed by atoms with Crippen molar-refractivity contribution in [2.75, 3.05) is 46.0 Å². The van der Waals surface area contributed by atoms with Gasteiger partial charge in [0.25, 0.3) is 0 Å². The molecule has 4 atom stereocenters. The quantitative estimate of drug-likeness (QED) is 0.250. The summed E-state index contributed by atoms with van der Waals surface area (Å²) >= 11 is 0. The second-order valence-electron chi connectivity index (χ2n) is 11.8. The number of hydrogen-bond acceptors (Lipinski definition) is 6. The molecule has 0 radical (unpaired) electrons. The fraction of sp³-hybridized carbons (Fsp3) is 0.469. The van der Waals surface area contributed by atoms with Crippen LogP contribution in [-0.4, -0.2) is 105 Å². The van der Waals surface area contributed by atoms with E-state index in [1.165, 1.54) is 4.90 Å². The van der Waals surface area contributed by atoms with Crippen LogP contribution in [0.15, 0.2) is 54.7 Å². The van der Waals surface area contributed by atoms with Gasteiger partial charge in [0.05, 0.1) is 31.0 Å². The van der Waals surface area contributed by atoms with Crippen molar-refractivity contribution in [1.29, 1.82) is 0 Å². The Labute approximate surface area is 264 Å². The van der Waals surface area contributed by atoms with Crippen LogP contribution in [0.2, 0.25) is 0 Å². The molecule has 11 nitrogen and oxygen atoms in total. The zero-order chi connectivity index (χ0) is 32.8. The summed E-state index contributed by atoms with van der Waals surface area (Å²) in [5.74, 6) is -2.13. The molecule has 3 aromatic rings. The van der Waals surface area contributed by atoms with Crippen molar-refractivity contribution in [1.82, 2.24) is 24.7 Å². The number of rotatable bonds is 11. The molecule has 3 unspecified atom stereocenters. The minimum Gasteiger partial charge on any atom is -0.465 e. The second kappa shape index (κ2) is 15.0. The van der Waals surface area contributed by atoms with Gasteiger partial charge in [-0.1, -0.05) is 30.3 Å². The summed E-state index contributed by atoms with van der Waals surface area (Å²) in [5, 5.41) is 31.5. The summed E-state index contributed by atoms with van der Waals surface area (Å²) in [6.07, 6.45) is -1.48.